The van der Waals surface area contributed by atoms with Gasteiger partial charge in [-0.3, -0.25) is 0 Å². The highest BCUT2D eigenvalue weighted by Crippen LogP contribution is 2.30. The van der Waals surface area contributed by atoms with Crippen LogP contribution < -0.4 is 5.73 Å². The molecule has 2 heterocycles. The highest BCUT2D eigenvalue weighted by atomic mass is 15.0. The van der Waals surface area contributed by atoms with Crippen LogP contribution in [-0.4, -0.2) is 33.9 Å². The molecule has 5 nitrogen and oxygen atoms in total. The molecule has 4 rings (SSSR count). The Balaban J connectivity index is 1.82. The fourth-order valence-electron chi connectivity index (χ4n) is 3.48. The van der Waals surface area contributed by atoms with Gasteiger partial charge in [-0.15, -0.1) is 0 Å². The van der Waals surface area contributed by atoms with Crippen LogP contribution in [-0.2, 0) is 25.8 Å². The monoisotopic (exact) mass is 307 g/mol. The third kappa shape index (κ3) is 2.57. The van der Waals surface area contributed by atoms with Gasteiger partial charge in [0.15, 0.2) is 0 Å². The molecular weight excluding hydrogens is 286 g/mol. The maximum Gasteiger partial charge on any atom is 0.220 e. The van der Waals surface area contributed by atoms with Crippen LogP contribution in [0.2, 0.25) is 0 Å². The van der Waals surface area contributed by atoms with Gasteiger partial charge in [0.05, 0.1) is 5.69 Å². The van der Waals surface area contributed by atoms with Gasteiger partial charge in [-0.25, -0.2) is 9.97 Å². The summed E-state index contributed by atoms with van der Waals surface area (Å²) in [5, 5.41) is 1.31. The average molecular weight is 307 g/mol. The second kappa shape index (κ2) is 5.35. The van der Waals surface area contributed by atoms with Crippen molar-refractivity contribution in [1.29, 1.82) is 0 Å². The van der Waals surface area contributed by atoms with E-state index < -0.39 is 0 Å². The number of nitrogen functional groups attached to an aromatic ring is 1. The minimum absolute atomic E-state index is 0.361. The van der Waals surface area contributed by atoms with Gasteiger partial charge in [0.25, 0.3) is 0 Å². The number of aromatic nitrogens is 3. The third-order valence-electron chi connectivity index (χ3n) is 4.52. The molecular formula is C18H21N5. The number of rotatable bonds is 2. The SMILES string of the molecule is CN(C)Cc1ccc2[nH]c3c(c2c1)Cc1nc(N)ncc1CC3. The van der Waals surface area contributed by atoms with Crippen LogP contribution in [0.15, 0.2) is 24.4 Å². The van der Waals surface area contributed by atoms with Gasteiger partial charge in [-0.05, 0) is 55.8 Å². The minimum atomic E-state index is 0.361. The largest absolute Gasteiger partial charge is 0.368 e. The van der Waals surface area contributed by atoms with Crippen LogP contribution in [0.4, 0.5) is 5.95 Å². The van der Waals surface area contributed by atoms with Gasteiger partial charge in [-0.2, -0.15) is 0 Å². The Bertz CT molecular complexity index is 878. The van der Waals surface area contributed by atoms with E-state index in [1.807, 2.05) is 6.20 Å². The first-order valence-electron chi connectivity index (χ1n) is 7.97. The molecule has 118 valence electrons. The fourth-order valence-corrected chi connectivity index (χ4v) is 3.48. The van der Waals surface area contributed by atoms with Crippen LogP contribution in [0, 0.1) is 0 Å². The topological polar surface area (TPSA) is 70.8 Å². The van der Waals surface area contributed by atoms with Crippen LogP contribution in [0.1, 0.15) is 28.1 Å². The predicted octanol–water partition coefficient (Wildman–Crippen LogP) is 2.29. The lowest BCUT2D eigenvalue weighted by Gasteiger charge is -2.10. The van der Waals surface area contributed by atoms with E-state index in [0.717, 1.165) is 31.5 Å². The summed E-state index contributed by atoms with van der Waals surface area (Å²) < 4.78 is 0. The Labute approximate surface area is 135 Å². The molecule has 0 amide bonds. The standard InChI is InChI=1S/C18H21N5/c1-23(2)10-11-3-5-15-13(7-11)14-8-17-12(4-6-16(14)21-15)9-20-18(19)22-17/h3,5,7,9,21H,4,6,8,10H2,1-2H3,(H2,19,20,22). The number of anilines is 1. The Hall–Kier alpha value is -2.40. The normalized spacial score (nSPS) is 13.9. The van der Waals surface area contributed by atoms with E-state index in [4.69, 9.17) is 5.73 Å². The van der Waals surface area contributed by atoms with Crippen molar-refractivity contribution in [2.75, 3.05) is 19.8 Å². The third-order valence-corrected chi connectivity index (χ3v) is 4.52. The molecule has 0 fully saturated rings. The van der Waals surface area contributed by atoms with E-state index >= 15 is 0 Å². The van der Waals surface area contributed by atoms with Crippen LogP contribution in [0.3, 0.4) is 0 Å². The summed E-state index contributed by atoms with van der Waals surface area (Å²) in [4.78, 5) is 14.4. The van der Waals surface area contributed by atoms with E-state index in [-0.39, 0.29) is 0 Å². The van der Waals surface area contributed by atoms with Gasteiger partial charge in [-0.1, -0.05) is 6.07 Å². The summed E-state index contributed by atoms with van der Waals surface area (Å²) >= 11 is 0. The maximum absolute atomic E-state index is 5.78. The van der Waals surface area contributed by atoms with Crippen molar-refractivity contribution in [2.45, 2.75) is 25.8 Å². The first-order valence-corrected chi connectivity index (χ1v) is 7.97. The van der Waals surface area contributed by atoms with Crippen molar-refractivity contribution in [3.8, 4) is 0 Å². The molecule has 0 aliphatic heterocycles. The summed E-state index contributed by atoms with van der Waals surface area (Å²) in [5.74, 6) is 0.361. The van der Waals surface area contributed by atoms with Gasteiger partial charge >= 0.3 is 0 Å². The van der Waals surface area contributed by atoms with Crippen molar-refractivity contribution < 1.29 is 0 Å². The van der Waals surface area contributed by atoms with Crippen molar-refractivity contribution in [3.63, 3.8) is 0 Å². The first-order chi connectivity index (χ1) is 11.1. The number of nitrogens with one attached hydrogen (secondary N) is 1. The van der Waals surface area contributed by atoms with Gasteiger partial charge < -0.3 is 15.6 Å². The lowest BCUT2D eigenvalue weighted by Crippen LogP contribution is -2.10. The molecule has 0 radical (unpaired) electrons. The molecule has 0 unspecified atom stereocenters. The summed E-state index contributed by atoms with van der Waals surface area (Å²) in [6.07, 6.45) is 4.65. The zero-order chi connectivity index (χ0) is 16.0. The molecule has 1 aliphatic carbocycles. The van der Waals surface area contributed by atoms with Crippen molar-refractivity contribution in [3.05, 3.63) is 52.5 Å². The number of hydrogen-bond acceptors (Lipinski definition) is 4. The van der Waals surface area contributed by atoms with Gasteiger partial charge in [0, 0.05) is 35.8 Å². The summed E-state index contributed by atoms with van der Waals surface area (Å²) in [7, 11) is 4.19. The van der Waals surface area contributed by atoms with Crippen LogP contribution >= 0.6 is 0 Å². The number of nitrogens with zero attached hydrogens (tertiary/aromatic N) is 3. The van der Waals surface area contributed by atoms with Gasteiger partial charge in [0.1, 0.15) is 0 Å². The Morgan fingerprint density at radius 1 is 1.26 bits per heavy atom. The van der Waals surface area contributed by atoms with Crippen molar-refractivity contribution in [1.82, 2.24) is 19.9 Å². The lowest BCUT2D eigenvalue weighted by atomic mass is 10.0. The molecule has 0 bridgehead atoms. The molecule has 0 atom stereocenters. The molecule has 0 saturated carbocycles. The zero-order valence-electron chi connectivity index (χ0n) is 13.6. The second-order valence-electron chi connectivity index (χ2n) is 6.58. The highest BCUT2D eigenvalue weighted by molar-refractivity contribution is 5.86. The number of aromatic amines is 1. The number of fused-ring (bicyclic) bond motifs is 4. The quantitative estimate of drug-likeness (QED) is 0.762. The van der Waals surface area contributed by atoms with Crippen LogP contribution in [0.5, 0.6) is 0 Å². The highest BCUT2D eigenvalue weighted by Gasteiger charge is 2.19. The number of nitrogens with two attached hydrogens (primary N) is 1. The number of hydrogen-bond donors (Lipinski definition) is 2. The molecule has 3 N–H and O–H groups in total. The molecule has 23 heavy (non-hydrogen) atoms. The average Bonchev–Trinajstić information content (AvgIpc) is 2.73. The van der Waals surface area contributed by atoms with Crippen molar-refractivity contribution in [2.24, 2.45) is 0 Å². The summed E-state index contributed by atoms with van der Waals surface area (Å²) in [5.41, 5.74) is 13.3. The summed E-state index contributed by atoms with van der Waals surface area (Å²) in [6.45, 7) is 0.946. The zero-order valence-corrected chi connectivity index (χ0v) is 13.6. The number of benzene rings is 1. The molecule has 1 aliphatic rings. The fraction of sp³-hybridized carbons (Fsp3) is 0.333. The van der Waals surface area contributed by atoms with E-state index in [1.165, 1.54) is 33.3 Å². The van der Waals surface area contributed by atoms with Crippen LogP contribution in [0.25, 0.3) is 10.9 Å². The predicted molar refractivity (Wildman–Crippen MR) is 92.3 cm³/mol. The molecule has 3 aromatic rings. The Kier molecular flexibility index (Phi) is 3.31. The molecule has 5 heteroatoms. The number of aryl methyl sites for hydroxylation is 2. The van der Waals surface area contributed by atoms with E-state index in [0.29, 0.717) is 5.95 Å². The second-order valence-corrected chi connectivity index (χ2v) is 6.58. The first kappa shape index (κ1) is 14.2. The van der Waals surface area contributed by atoms with Gasteiger partial charge in [0.2, 0.25) is 5.95 Å². The lowest BCUT2D eigenvalue weighted by molar-refractivity contribution is 0.403. The molecule has 0 spiro atoms. The smallest absolute Gasteiger partial charge is 0.220 e. The van der Waals surface area contributed by atoms with E-state index in [1.54, 1.807) is 0 Å². The van der Waals surface area contributed by atoms with Crippen molar-refractivity contribution >= 4 is 16.9 Å². The Morgan fingerprint density at radius 2 is 2.13 bits per heavy atom. The maximum atomic E-state index is 5.78. The summed E-state index contributed by atoms with van der Waals surface area (Å²) in [6, 6.07) is 6.70. The minimum Gasteiger partial charge on any atom is -0.368 e. The van der Waals surface area contributed by atoms with E-state index in [9.17, 15) is 0 Å². The van der Waals surface area contributed by atoms with E-state index in [2.05, 4.69) is 52.1 Å². The Morgan fingerprint density at radius 3 is 2.96 bits per heavy atom. The molecule has 1 aromatic carbocycles. The number of H-pyrrole nitrogens is 1. The molecule has 0 saturated heterocycles. The molecule has 2 aromatic heterocycles.